The first-order chi connectivity index (χ1) is 9.24. The maximum absolute atomic E-state index is 12.9. The number of alkyl halides is 5. The minimum Gasteiger partial charge on any atom is -0.462 e. The number of hydrogen-bond donors (Lipinski definition) is 0. The topological polar surface area (TPSA) is 26.3 Å². The summed E-state index contributed by atoms with van der Waals surface area (Å²) in [5.74, 6) is -4.68. The van der Waals surface area contributed by atoms with E-state index in [1.54, 1.807) is 46.3 Å². The van der Waals surface area contributed by atoms with Crippen LogP contribution in [0.25, 0.3) is 0 Å². The normalized spacial score (nSPS) is 12.2. The number of unbranched alkanes of at least 4 members (excludes halogenated alkanes) is 1. The summed E-state index contributed by atoms with van der Waals surface area (Å²) in [5, 5.41) is 0. The van der Waals surface area contributed by atoms with E-state index in [0.29, 0.717) is 5.56 Å². The Morgan fingerprint density at radius 2 is 1.70 bits per heavy atom. The quantitative estimate of drug-likeness (QED) is 0.308. The molecule has 0 heterocycles. The van der Waals surface area contributed by atoms with Gasteiger partial charge in [-0.15, -0.1) is 0 Å². The fraction of sp³-hybridized carbons (Fsp3) is 0.462. The molecule has 0 radical (unpaired) electrons. The summed E-state index contributed by atoms with van der Waals surface area (Å²) in [7, 11) is 0. The van der Waals surface area contributed by atoms with Crippen LogP contribution in [-0.2, 0) is 4.74 Å². The number of carbonyl (C=O) groups is 1. The second-order valence-corrected chi connectivity index (χ2v) is 5.16. The minimum absolute atomic E-state index is 0.0857. The highest BCUT2D eigenvalue weighted by atomic mass is 79.9. The molecule has 0 unspecified atom stereocenters. The van der Waals surface area contributed by atoms with E-state index in [1.165, 1.54) is 0 Å². The number of carbonyl (C=O) groups excluding carboxylic acids is 1. The molecule has 0 N–H and O–H groups in total. The summed E-state index contributed by atoms with van der Waals surface area (Å²) in [6.07, 6.45) is -1.05. The lowest BCUT2D eigenvalue weighted by Gasteiger charge is -2.21. The zero-order valence-corrected chi connectivity index (χ0v) is 12.0. The molecule has 112 valence electrons. The lowest BCUT2D eigenvalue weighted by Crippen LogP contribution is -2.34. The Morgan fingerprint density at radius 3 is 2.25 bits per heavy atom. The first-order valence-electron chi connectivity index (χ1n) is 5.91. The molecule has 0 aromatic heterocycles. The molecule has 0 spiro atoms. The summed E-state index contributed by atoms with van der Waals surface area (Å²) in [5.41, 5.74) is 0.352. The molecular weight excluding hydrogens is 344 g/mol. The first-order valence-corrected chi connectivity index (χ1v) is 6.70. The predicted molar refractivity (Wildman–Crippen MR) is 69.4 cm³/mol. The standard InChI is InChI=1S/C13H13BrF4O2/c14-13(17,18)12(15,16)8-4-5-9-20-11(19)10-6-2-1-3-7-10/h1-3,6-7H,4-5,8-9H2. The molecule has 0 saturated carbocycles. The van der Waals surface area contributed by atoms with E-state index in [4.69, 9.17) is 4.74 Å². The molecule has 0 aliphatic carbocycles. The average molecular weight is 357 g/mol. The second-order valence-electron chi connectivity index (χ2n) is 4.16. The van der Waals surface area contributed by atoms with Crippen LogP contribution in [-0.4, -0.2) is 23.3 Å². The number of hydrogen-bond acceptors (Lipinski definition) is 2. The zero-order valence-electron chi connectivity index (χ0n) is 10.4. The highest BCUT2D eigenvalue weighted by Crippen LogP contribution is 2.42. The highest BCUT2D eigenvalue weighted by molar-refractivity contribution is 9.10. The van der Waals surface area contributed by atoms with Crippen LogP contribution in [0.4, 0.5) is 17.6 Å². The van der Waals surface area contributed by atoms with Gasteiger partial charge >= 0.3 is 16.7 Å². The van der Waals surface area contributed by atoms with Gasteiger partial charge in [-0.25, -0.2) is 4.79 Å². The third-order valence-electron chi connectivity index (χ3n) is 2.54. The molecule has 7 heteroatoms. The van der Waals surface area contributed by atoms with Crippen molar-refractivity contribution in [3.8, 4) is 0 Å². The molecular formula is C13H13BrF4O2. The number of benzene rings is 1. The Kier molecular flexibility index (Phi) is 5.98. The molecule has 0 bridgehead atoms. The van der Waals surface area contributed by atoms with Crippen LogP contribution in [0.15, 0.2) is 30.3 Å². The van der Waals surface area contributed by atoms with Crippen LogP contribution in [0, 0.1) is 0 Å². The summed E-state index contributed by atoms with van der Waals surface area (Å²) in [4.78, 5) is 7.24. The summed E-state index contributed by atoms with van der Waals surface area (Å²) < 4.78 is 55.5. The minimum atomic E-state index is -4.22. The molecule has 1 rings (SSSR count). The first kappa shape index (κ1) is 16.9. The van der Waals surface area contributed by atoms with Crippen LogP contribution < -0.4 is 0 Å². The second kappa shape index (κ2) is 7.06. The zero-order chi connectivity index (χ0) is 15.2. The number of halogens is 5. The van der Waals surface area contributed by atoms with E-state index in [1.807, 2.05) is 0 Å². The van der Waals surface area contributed by atoms with Crippen molar-refractivity contribution in [2.75, 3.05) is 6.61 Å². The summed E-state index contributed by atoms with van der Waals surface area (Å²) in [6.45, 7) is -0.0857. The van der Waals surface area contributed by atoms with Crippen molar-refractivity contribution in [3.05, 3.63) is 35.9 Å². The van der Waals surface area contributed by atoms with E-state index in [0.717, 1.165) is 0 Å². The van der Waals surface area contributed by atoms with Crippen LogP contribution in [0.5, 0.6) is 0 Å². The lowest BCUT2D eigenvalue weighted by atomic mass is 10.1. The molecule has 0 amide bonds. The Bertz CT molecular complexity index is 432. The van der Waals surface area contributed by atoms with Crippen molar-refractivity contribution < 1.29 is 27.1 Å². The Labute approximate surface area is 122 Å². The third-order valence-corrected chi connectivity index (χ3v) is 3.12. The van der Waals surface area contributed by atoms with Gasteiger partial charge < -0.3 is 4.74 Å². The van der Waals surface area contributed by atoms with Gasteiger partial charge in [0.2, 0.25) is 0 Å². The van der Waals surface area contributed by atoms with Gasteiger partial charge in [0.25, 0.3) is 0 Å². The average Bonchev–Trinajstić information content (AvgIpc) is 2.37. The van der Waals surface area contributed by atoms with Crippen molar-refractivity contribution >= 4 is 21.9 Å². The predicted octanol–water partition coefficient (Wildman–Crippen LogP) is 4.64. The van der Waals surface area contributed by atoms with Gasteiger partial charge in [0.1, 0.15) is 0 Å². The maximum atomic E-state index is 12.9. The van der Waals surface area contributed by atoms with Crippen molar-refractivity contribution in [3.63, 3.8) is 0 Å². The third kappa shape index (κ3) is 5.11. The van der Waals surface area contributed by atoms with Gasteiger partial charge in [-0.3, -0.25) is 0 Å². The molecule has 1 aromatic rings. The van der Waals surface area contributed by atoms with Crippen LogP contribution >= 0.6 is 15.9 Å². The van der Waals surface area contributed by atoms with Crippen LogP contribution in [0.1, 0.15) is 29.6 Å². The SMILES string of the molecule is O=C(OCCCCC(F)(F)C(F)(F)Br)c1ccccc1. The molecule has 2 nitrogen and oxygen atoms in total. The molecule has 0 aliphatic rings. The summed E-state index contributed by atoms with van der Waals surface area (Å²) >= 11 is 1.65. The lowest BCUT2D eigenvalue weighted by molar-refractivity contribution is -0.152. The number of ether oxygens (including phenoxy) is 1. The molecule has 0 atom stereocenters. The Hall–Kier alpha value is -1.11. The molecule has 0 aliphatic heterocycles. The molecule has 0 fully saturated rings. The molecule has 1 aromatic carbocycles. The van der Waals surface area contributed by atoms with E-state index >= 15 is 0 Å². The van der Waals surface area contributed by atoms with Gasteiger partial charge in [0, 0.05) is 6.42 Å². The van der Waals surface area contributed by atoms with Crippen molar-refractivity contribution in [2.24, 2.45) is 0 Å². The highest BCUT2D eigenvalue weighted by Gasteiger charge is 2.53. The van der Waals surface area contributed by atoms with Crippen molar-refractivity contribution in [2.45, 2.75) is 30.0 Å². The number of rotatable bonds is 7. The monoisotopic (exact) mass is 356 g/mol. The molecule has 0 saturated heterocycles. The van der Waals surface area contributed by atoms with E-state index in [-0.39, 0.29) is 19.4 Å². The fourth-order valence-corrected chi connectivity index (χ4v) is 1.61. The van der Waals surface area contributed by atoms with Crippen molar-refractivity contribution in [1.29, 1.82) is 0 Å². The Morgan fingerprint density at radius 1 is 1.10 bits per heavy atom. The van der Waals surface area contributed by atoms with E-state index < -0.39 is 23.1 Å². The maximum Gasteiger partial charge on any atom is 0.363 e. The van der Waals surface area contributed by atoms with Crippen molar-refractivity contribution in [1.82, 2.24) is 0 Å². The summed E-state index contributed by atoms with van der Waals surface area (Å²) in [6, 6.07) is 8.17. The Balaban J connectivity index is 2.25. The van der Waals surface area contributed by atoms with Crippen LogP contribution in [0.3, 0.4) is 0 Å². The van der Waals surface area contributed by atoms with Gasteiger partial charge in [0.05, 0.1) is 12.2 Å². The van der Waals surface area contributed by atoms with E-state index in [2.05, 4.69) is 0 Å². The smallest absolute Gasteiger partial charge is 0.363 e. The van der Waals surface area contributed by atoms with Crippen LogP contribution in [0.2, 0.25) is 0 Å². The largest absolute Gasteiger partial charge is 0.462 e. The van der Waals surface area contributed by atoms with E-state index in [9.17, 15) is 22.4 Å². The van der Waals surface area contributed by atoms with Gasteiger partial charge in [-0.05, 0) is 40.9 Å². The molecule has 20 heavy (non-hydrogen) atoms. The fourth-order valence-electron chi connectivity index (χ4n) is 1.41. The van der Waals surface area contributed by atoms with Gasteiger partial charge in [0.15, 0.2) is 0 Å². The number of esters is 1. The van der Waals surface area contributed by atoms with Gasteiger partial charge in [-0.1, -0.05) is 18.2 Å². The van der Waals surface area contributed by atoms with Gasteiger partial charge in [-0.2, -0.15) is 17.6 Å².